The number of hydrogen-bond acceptors (Lipinski definition) is 5. The van der Waals surface area contributed by atoms with Crippen LogP contribution in [0.5, 0.6) is 0 Å². The number of alkyl halides is 3. The maximum atomic E-state index is 13.1. The summed E-state index contributed by atoms with van der Waals surface area (Å²) in [6, 6.07) is 2.20. The molecule has 1 aromatic heterocycles. The first-order valence-electron chi connectivity index (χ1n) is 10.2. The summed E-state index contributed by atoms with van der Waals surface area (Å²) in [6.07, 6.45) is -2.72. The van der Waals surface area contributed by atoms with Gasteiger partial charge in [-0.3, -0.25) is 0 Å². The van der Waals surface area contributed by atoms with Crippen molar-refractivity contribution in [3.05, 3.63) is 23.5 Å². The van der Waals surface area contributed by atoms with Gasteiger partial charge in [-0.15, -0.1) is 0 Å². The normalized spacial score (nSPS) is 29.2. The summed E-state index contributed by atoms with van der Waals surface area (Å²) >= 11 is 0. The van der Waals surface area contributed by atoms with Crippen LogP contribution in [-0.2, 0) is 20.9 Å². The molecule has 30 heavy (non-hydrogen) atoms. The van der Waals surface area contributed by atoms with Gasteiger partial charge in [0.25, 0.3) is 0 Å². The molecule has 0 bridgehead atoms. The molecule has 3 atom stereocenters. The minimum absolute atomic E-state index is 0.115. The molecule has 0 spiro atoms. The lowest BCUT2D eigenvalue weighted by Crippen LogP contribution is -2.50. The number of halogens is 3. The molecule has 3 fully saturated rings. The van der Waals surface area contributed by atoms with Crippen LogP contribution in [0.2, 0.25) is 0 Å². The van der Waals surface area contributed by atoms with E-state index in [1.807, 2.05) is 0 Å². The molecule has 3 aliphatic rings. The second kappa shape index (κ2) is 7.43. The Labute approximate surface area is 175 Å². The standard InChI is InChI=1S/C20H28F3N3O3S/c1-13-17(4-5-18(24-13)20(21,22)23)30(27,28)26-8-14-6-16(7-15(14)9-26)25(3)10-19(2)11-29-12-19/h4-5,14-16H,6-12H2,1-3H3/t14-,15+,16?. The first kappa shape index (κ1) is 22.0. The quantitative estimate of drug-likeness (QED) is 0.695. The minimum atomic E-state index is -4.60. The van der Waals surface area contributed by atoms with E-state index in [4.69, 9.17) is 4.74 Å². The summed E-state index contributed by atoms with van der Waals surface area (Å²) in [5.41, 5.74) is -0.987. The van der Waals surface area contributed by atoms with Crippen molar-refractivity contribution in [2.45, 2.75) is 43.8 Å². The molecule has 2 aliphatic heterocycles. The van der Waals surface area contributed by atoms with Crippen LogP contribution >= 0.6 is 0 Å². The van der Waals surface area contributed by atoms with Gasteiger partial charge in [-0.1, -0.05) is 6.92 Å². The molecular weight excluding hydrogens is 419 g/mol. The Morgan fingerprint density at radius 1 is 1.23 bits per heavy atom. The zero-order valence-corrected chi connectivity index (χ0v) is 18.3. The maximum absolute atomic E-state index is 13.1. The van der Waals surface area contributed by atoms with Gasteiger partial charge in [-0.05, 0) is 50.8 Å². The van der Waals surface area contributed by atoms with Crippen LogP contribution in [0.3, 0.4) is 0 Å². The fraction of sp³-hybridized carbons (Fsp3) is 0.750. The summed E-state index contributed by atoms with van der Waals surface area (Å²) in [5.74, 6) is 0.556. The number of ether oxygens (including phenoxy) is 1. The van der Waals surface area contributed by atoms with Gasteiger partial charge in [0.2, 0.25) is 10.0 Å². The van der Waals surface area contributed by atoms with E-state index < -0.39 is 21.9 Å². The Bertz CT molecular complexity index is 904. The van der Waals surface area contributed by atoms with E-state index in [-0.39, 0.29) is 27.8 Å². The van der Waals surface area contributed by atoms with Gasteiger partial charge in [-0.2, -0.15) is 17.5 Å². The lowest BCUT2D eigenvalue weighted by molar-refractivity contribution is -0.141. The van der Waals surface area contributed by atoms with Crippen LogP contribution in [-0.4, -0.2) is 68.5 Å². The van der Waals surface area contributed by atoms with Gasteiger partial charge in [0.05, 0.1) is 18.9 Å². The highest BCUT2D eigenvalue weighted by atomic mass is 32.2. The van der Waals surface area contributed by atoms with Crippen LogP contribution in [0.15, 0.2) is 17.0 Å². The monoisotopic (exact) mass is 447 g/mol. The predicted octanol–water partition coefficient (Wildman–Crippen LogP) is 2.78. The van der Waals surface area contributed by atoms with E-state index in [0.717, 1.165) is 44.7 Å². The van der Waals surface area contributed by atoms with Gasteiger partial charge in [0, 0.05) is 31.1 Å². The van der Waals surface area contributed by atoms with Crippen molar-refractivity contribution in [2.24, 2.45) is 17.3 Å². The van der Waals surface area contributed by atoms with Crippen LogP contribution in [0, 0.1) is 24.2 Å². The molecule has 0 aromatic carbocycles. The SMILES string of the molecule is Cc1nc(C(F)(F)F)ccc1S(=O)(=O)N1C[C@H]2CC(N(C)CC3(C)COC3)C[C@H]2C1. The number of rotatable bonds is 5. The Kier molecular flexibility index (Phi) is 5.44. The topological polar surface area (TPSA) is 62.7 Å². The number of sulfonamides is 1. The number of nitrogens with zero attached hydrogens (tertiary/aromatic N) is 3. The van der Waals surface area contributed by atoms with Crippen LogP contribution in [0.1, 0.15) is 31.2 Å². The van der Waals surface area contributed by atoms with Gasteiger partial charge < -0.3 is 9.64 Å². The van der Waals surface area contributed by atoms with Crippen molar-refractivity contribution in [2.75, 3.05) is 39.9 Å². The maximum Gasteiger partial charge on any atom is 0.433 e. The fourth-order valence-corrected chi connectivity index (χ4v) is 6.88. The Balaban J connectivity index is 1.42. The number of aryl methyl sites for hydroxylation is 1. The Morgan fingerprint density at radius 2 is 1.83 bits per heavy atom. The molecule has 1 aromatic rings. The second-order valence-corrected chi connectivity index (χ2v) is 11.4. The van der Waals surface area contributed by atoms with Crippen LogP contribution < -0.4 is 0 Å². The number of pyridine rings is 1. The van der Waals surface area contributed by atoms with Crippen LogP contribution in [0.4, 0.5) is 13.2 Å². The Morgan fingerprint density at radius 3 is 2.30 bits per heavy atom. The lowest BCUT2D eigenvalue weighted by atomic mass is 9.87. The summed E-state index contributed by atoms with van der Waals surface area (Å²) in [6.45, 7) is 6.89. The van der Waals surface area contributed by atoms with Crippen molar-refractivity contribution >= 4 is 10.0 Å². The molecule has 10 heteroatoms. The zero-order valence-electron chi connectivity index (χ0n) is 17.4. The minimum Gasteiger partial charge on any atom is -0.380 e. The zero-order chi connectivity index (χ0) is 21.9. The molecule has 0 N–H and O–H groups in total. The molecule has 6 nitrogen and oxygen atoms in total. The third kappa shape index (κ3) is 3.99. The summed E-state index contributed by atoms with van der Waals surface area (Å²) in [4.78, 5) is 5.73. The van der Waals surface area contributed by atoms with Crippen molar-refractivity contribution < 1.29 is 26.3 Å². The van der Waals surface area contributed by atoms with Crippen molar-refractivity contribution in [3.8, 4) is 0 Å². The average Bonchev–Trinajstić information content (AvgIpc) is 3.18. The van der Waals surface area contributed by atoms with E-state index >= 15 is 0 Å². The Hall–Kier alpha value is -1.23. The molecular formula is C20H28F3N3O3S. The van der Waals surface area contributed by atoms with E-state index in [2.05, 4.69) is 23.9 Å². The number of hydrogen-bond donors (Lipinski definition) is 0. The predicted molar refractivity (Wildman–Crippen MR) is 104 cm³/mol. The van der Waals surface area contributed by atoms with Crippen molar-refractivity contribution in [1.29, 1.82) is 0 Å². The van der Waals surface area contributed by atoms with Crippen LogP contribution in [0.25, 0.3) is 0 Å². The molecule has 2 saturated heterocycles. The molecule has 0 radical (unpaired) electrons. The first-order chi connectivity index (χ1) is 13.9. The third-order valence-electron chi connectivity index (χ3n) is 6.79. The summed E-state index contributed by atoms with van der Waals surface area (Å²) in [5, 5.41) is 0. The van der Waals surface area contributed by atoms with Gasteiger partial charge in [0.1, 0.15) is 10.6 Å². The van der Waals surface area contributed by atoms with E-state index in [1.165, 1.54) is 11.2 Å². The van der Waals surface area contributed by atoms with E-state index in [1.54, 1.807) is 0 Å². The highest BCUT2D eigenvalue weighted by Gasteiger charge is 2.47. The summed E-state index contributed by atoms with van der Waals surface area (Å²) in [7, 11) is -1.74. The molecule has 0 amide bonds. The largest absolute Gasteiger partial charge is 0.433 e. The highest BCUT2D eigenvalue weighted by molar-refractivity contribution is 7.89. The molecule has 1 unspecified atom stereocenters. The first-order valence-corrected chi connectivity index (χ1v) is 11.7. The van der Waals surface area contributed by atoms with Gasteiger partial charge >= 0.3 is 6.18 Å². The smallest absolute Gasteiger partial charge is 0.380 e. The summed E-state index contributed by atoms with van der Waals surface area (Å²) < 4.78 is 71.5. The number of aromatic nitrogens is 1. The highest BCUT2D eigenvalue weighted by Crippen LogP contribution is 2.43. The molecule has 4 rings (SSSR count). The number of fused-ring (bicyclic) bond motifs is 1. The third-order valence-corrected chi connectivity index (χ3v) is 8.76. The molecule has 1 aliphatic carbocycles. The second-order valence-electron chi connectivity index (χ2n) is 9.46. The van der Waals surface area contributed by atoms with E-state index in [0.29, 0.717) is 19.1 Å². The van der Waals surface area contributed by atoms with Gasteiger partial charge in [-0.25, -0.2) is 13.4 Å². The van der Waals surface area contributed by atoms with Gasteiger partial charge in [0.15, 0.2) is 0 Å². The fourth-order valence-electron chi connectivity index (χ4n) is 5.17. The average molecular weight is 448 g/mol. The molecule has 168 valence electrons. The molecule has 3 heterocycles. The van der Waals surface area contributed by atoms with Crippen molar-refractivity contribution in [3.63, 3.8) is 0 Å². The molecule has 1 saturated carbocycles. The van der Waals surface area contributed by atoms with E-state index in [9.17, 15) is 21.6 Å². The van der Waals surface area contributed by atoms with Crippen molar-refractivity contribution in [1.82, 2.24) is 14.2 Å². The lowest BCUT2D eigenvalue weighted by Gasteiger charge is -2.42.